The molecule has 1 unspecified atom stereocenters. The molecule has 6 heteroatoms. The summed E-state index contributed by atoms with van der Waals surface area (Å²) in [6.45, 7) is 7.34. The van der Waals surface area contributed by atoms with E-state index in [4.69, 9.17) is 4.74 Å². The van der Waals surface area contributed by atoms with Crippen LogP contribution in [0.1, 0.15) is 33.6 Å². The third-order valence-corrected chi connectivity index (χ3v) is 1.58. The lowest BCUT2D eigenvalue weighted by Gasteiger charge is -2.13. The van der Waals surface area contributed by atoms with E-state index in [2.05, 4.69) is 17.6 Å². The Balaban J connectivity index is -0.000000720. The molecule has 0 saturated carbocycles. The van der Waals surface area contributed by atoms with Crippen molar-refractivity contribution in [2.45, 2.75) is 39.8 Å². The summed E-state index contributed by atoms with van der Waals surface area (Å²) >= 11 is 0. The Morgan fingerprint density at radius 3 is 2.40 bits per heavy atom. The largest absolute Gasteiger partial charge is 0.431 e. The third kappa shape index (κ3) is 13.8. The van der Waals surface area contributed by atoms with Crippen molar-refractivity contribution in [2.75, 3.05) is 13.1 Å². The summed E-state index contributed by atoms with van der Waals surface area (Å²) in [6.07, 6.45) is 1.50. The number of nitrogens with one attached hydrogen (secondary N) is 2. The average Bonchev–Trinajstić information content (AvgIpc) is 2.05. The van der Waals surface area contributed by atoms with Gasteiger partial charge in [-0.1, -0.05) is 20.3 Å². The third-order valence-electron chi connectivity index (χ3n) is 1.58. The number of unbranched alkanes of at least 4 members (excludes halogenated alkanes) is 1. The second kappa shape index (κ2) is 13.8. The van der Waals surface area contributed by atoms with Gasteiger partial charge in [0.2, 0.25) is 0 Å². The highest BCUT2D eigenvalue weighted by Gasteiger charge is 2.05. The SMILES string of the molecule is CCCCNC(=O)OC(C)NCC.Cl.Cl. The minimum absolute atomic E-state index is 0. The predicted molar refractivity (Wildman–Crippen MR) is 67.0 cm³/mol. The number of hydrogen-bond acceptors (Lipinski definition) is 3. The van der Waals surface area contributed by atoms with E-state index in [0.717, 1.165) is 19.4 Å². The summed E-state index contributed by atoms with van der Waals surface area (Å²) in [5.74, 6) is 0. The number of hydrogen-bond donors (Lipinski definition) is 2. The minimum Gasteiger partial charge on any atom is -0.431 e. The Labute approximate surface area is 104 Å². The van der Waals surface area contributed by atoms with E-state index in [9.17, 15) is 4.79 Å². The van der Waals surface area contributed by atoms with Gasteiger partial charge in [-0.15, -0.1) is 24.8 Å². The molecule has 0 rings (SSSR count). The van der Waals surface area contributed by atoms with E-state index >= 15 is 0 Å². The maximum atomic E-state index is 11.0. The lowest BCUT2D eigenvalue weighted by atomic mass is 10.3. The molecule has 94 valence electrons. The molecule has 0 saturated heterocycles. The molecule has 0 aromatic rings. The molecule has 0 fully saturated rings. The number of rotatable bonds is 6. The van der Waals surface area contributed by atoms with Crippen LogP contribution in [0.3, 0.4) is 0 Å². The summed E-state index contributed by atoms with van der Waals surface area (Å²) < 4.78 is 4.98. The van der Waals surface area contributed by atoms with Crippen LogP contribution in [0.2, 0.25) is 0 Å². The Hall–Kier alpha value is -0.190. The quantitative estimate of drug-likeness (QED) is 0.570. The van der Waals surface area contributed by atoms with Gasteiger partial charge >= 0.3 is 6.09 Å². The van der Waals surface area contributed by atoms with Crippen molar-refractivity contribution in [3.05, 3.63) is 0 Å². The number of amides is 1. The number of alkyl carbamates (subject to hydrolysis) is 1. The summed E-state index contributed by atoms with van der Waals surface area (Å²) in [5, 5.41) is 5.66. The van der Waals surface area contributed by atoms with Crippen LogP contribution in [0.25, 0.3) is 0 Å². The highest BCUT2D eigenvalue weighted by molar-refractivity contribution is 5.85. The number of carbonyl (C=O) groups is 1. The Morgan fingerprint density at radius 1 is 1.33 bits per heavy atom. The first kappa shape index (κ1) is 20.3. The van der Waals surface area contributed by atoms with Crippen molar-refractivity contribution in [3.63, 3.8) is 0 Å². The molecule has 0 aliphatic heterocycles. The summed E-state index contributed by atoms with van der Waals surface area (Å²) in [4.78, 5) is 11.0. The van der Waals surface area contributed by atoms with Gasteiger partial charge < -0.3 is 10.1 Å². The zero-order valence-electron chi connectivity index (χ0n) is 9.54. The maximum Gasteiger partial charge on any atom is 0.408 e. The van der Waals surface area contributed by atoms with Gasteiger partial charge in [-0.3, -0.25) is 5.32 Å². The molecular formula is C9H22Cl2N2O2. The van der Waals surface area contributed by atoms with Gasteiger partial charge in [0.25, 0.3) is 0 Å². The van der Waals surface area contributed by atoms with Crippen molar-refractivity contribution < 1.29 is 9.53 Å². The first-order valence-corrected chi connectivity index (χ1v) is 4.88. The van der Waals surface area contributed by atoms with E-state index < -0.39 is 0 Å². The Morgan fingerprint density at radius 2 is 1.93 bits per heavy atom. The summed E-state index contributed by atoms with van der Waals surface area (Å²) in [5.41, 5.74) is 0. The van der Waals surface area contributed by atoms with Crippen molar-refractivity contribution in [1.82, 2.24) is 10.6 Å². The molecule has 2 N–H and O–H groups in total. The molecule has 0 aliphatic carbocycles. The monoisotopic (exact) mass is 260 g/mol. The van der Waals surface area contributed by atoms with Crippen LogP contribution in [0.4, 0.5) is 4.79 Å². The van der Waals surface area contributed by atoms with Gasteiger partial charge in [0.05, 0.1) is 0 Å². The second-order valence-electron chi connectivity index (χ2n) is 2.89. The Bertz CT molecular complexity index is 148. The van der Waals surface area contributed by atoms with Crippen molar-refractivity contribution >= 4 is 30.9 Å². The lowest BCUT2D eigenvalue weighted by Crippen LogP contribution is -2.35. The maximum absolute atomic E-state index is 11.0. The zero-order chi connectivity index (χ0) is 10.1. The second-order valence-corrected chi connectivity index (χ2v) is 2.89. The van der Waals surface area contributed by atoms with Crippen LogP contribution in [0.5, 0.6) is 0 Å². The van der Waals surface area contributed by atoms with Gasteiger partial charge in [0.1, 0.15) is 0 Å². The van der Waals surface area contributed by atoms with Crippen LogP contribution >= 0.6 is 24.8 Å². The minimum atomic E-state index is -0.345. The zero-order valence-corrected chi connectivity index (χ0v) is 11.2. The summed E-state index contributed by atoms with van der Waals surface area (Å²) in [7, 11) is 0. The molecule has 0 aromatic carbocycles. The van der Waals surface area contributed by atoms with E-state index in [1.807, 2.05) is 13.8 Å². The number of carbonyl (C=O) groups excluding carboxylic acids is 1. The topological polar surface area (TPSA) is 50.4 Å². The first-order chi connectivity index (χ1) is 6.20. The molecule has 15 heavy (non-hydrogen) atoms. The van der Waals surface area contributed by atoms with E-state index in [1.54, 1.807) is 0 Å². The molecule has 0 heterocycles. The van der Waals surface area contributed by atoms with Crippen LogP contribution < -0.4 is 10.6 Å². The van der Waals surface area contributed by atoms with Gasteiger partial charge in [-0.05, 0) is 19.9 Å². The number of halogens is 2. The molecule has 1 amide bonds. The Kier molecular flexibility index (Phi) is 18.6. The lowest BCUT2D eigenvalue weighted by molar-refractivity contribution is 0.0897. The van der Waals surface area contributed by atoms with Crippen LogP contribution in [-0.2, 0) is 4.74 Å². The van der Waals surface area contributed by atoms with Crippen LogP contribution in [-0.4, -0.2) is 25.4 Å². The number of ether oxygens (including phenoxy) is 1. The normalized spacial score (nSPS) is 10.6. The van der Waals surface area contributed by atoms with E-state index in [0.29, 0.717) is 6.54 Å². The molecule has 4 nitrogen and oxygen atoms in total. The fraction of sp³-hybridized carbons (Fsp3) is 0.889. The fourth-order valence-electron chi connectivity index (χ4n) is 0.899. The predicted octanol–water partition coefficient (Wildman–Crippen LogP) is 2.31. The molecule has 0 spiro atoms. The molecule has 0 bridgehead atoms. The van der Waals surface area contributed by atoms with E-state index in [-0.39, 0.29) is 37.1 Å². The fourth-order valence-corrected chi connectivity index (χ4v) is 0.899. The van der Waals surface area contributed by atoms with Crippen molar-refractivity contribution in [2.24, 2.45) is 0 Å². The van der Waals surface area contributed by atoms with Gasteiger partial charge in [0, 0.05) is 6.54 Å². The summed E-state index contributed by atoms with van der Waals surface area (Å²) in [6, 6.07) is 0. The molecular weight excluding hydrogens is 239 g/mol. The van der Waals surface area contributed by atoms with E-state index in [1.165, 1.54) is 0 Å². The van der Waals surface area contributed by atoms with Crippen molar-refractivity contribution in [3.8, 4) is 0 Å². The van der Waals surface area contributed by atoms with Crippen LogP contribution in [0, 0.1) is 0 Å². The molecule has 0 aromatic heterocycles. The molecule has 0 aliphatic rings. The first-order valence-electron chi connectivity index (χ1n) is 4.88. The van der Waals surface area contributed by atoms with Crippen molar-refractivity contribution in [1.29, 1.82) is 0 Å². The molecule has 1 atom stereocenters. The van der Waals surface area contributed by atoms with Gasteiger partial charge in [-0.25, -0.2) is 4.79 Å². The smallest absolute Gasteiger partial charge is 0.408 e. The highest BCUT2D eigenvalue weighted by Crippen LogP contribution is 1.88. The highest BCUT2D eigenvalue weighted by atomic mass is 35.5. The van der Waals surface area contributed by atoms with Crippen LogP contribution in [0.15, 0.2) is 0 Å². The molecule has 0 radical (unpaired) electrons. The van der Waals surface area contributed by atoms with Gasteiger partial charge in [0.15, 0.2) is 6.23 Å². The standard InChI is InChI=1S/C9H20N2O2.2ClH/c1-4-6-7-11-9(12)13-8(3)10-5-2;;/h8,10H,4-7H2,1-3H3,(H,11,12);2*1H. The average molecular weight is 261 g/mol. The van der Waals surface area contributed by atoms with Gasteiger partial charge in [-0.2, -0.15) is 0 Å².